The monoisotopic (exact) mass is 424 g/mol. The Morgan fingerprint density at radius 3 is 2.80 bits per heavy atom. The molecule has 1 fully saturated rings. The van der Waals surface area contributed by atoms with Crippen LogP contribution in [-0.2, 0) is 22.6 Å². The Hall–Kier alpha value is -2.38. The topological polar surface area (TPSA) is 68.2 Å². The van der Waals surface area contributed by atoms with Crippen molar-refractivity contribution < 1.29 is 9.53 Å². The van der Waals surface area contributed by atoms with E-state index in [0.717, 1.165) is 53.5 Å². The molecule has 0 radical (unpaired) electrons. The van der Waals surface area contributed by atoms with Crippen molar-refractivity contribution in [1.29, 1.82) is 0 Å². The molecular weight excluding hydrogens is 396 g/mol. The number of hydrogen-bond donors (Lipinski definition) is 0. The van der Waals surface area contributed by atoms with Crippen LogP contribution in [-0.4, -0.2) is 45.5 Å². The maximum atomic E-state index is 12.7. The van der Waals surface area contributed by atoms with Gasteiger partial charge in [-0.3, -0.25) is 4.79 Å². The van der Waals surface area contributed by atoms with Gasteiger partial charge >= 0.3 is 0 Å². The van der Waals surface area contributed by atoms with E-state index in [4.69, 9.17) is 9.72 Å². The molecular formula is C23H28N4O2S. The fourth-order valence-corrected chi connectivity index (χ4v) is 4.96. The van der Waals surface area contributed by atoms with Gasteiger partial charge in [-0.25, -0.2) is 15.0 Å². The van der Waals surface area contributed by atoms with Gasteiger partial charge < -0.3 is 9.64 Å². The number of thiazole rings is 1. The van der Waals surface area contributed by atoms with Crippen molar-refractivity contribution in [3.05, 3.63) is 52.6 Å². The Morgan fingerprint density at radius 2 is 2.03 bits per heavy atom. The Morgan fingerprint density at radius 1 is 1.23 bits per heavy atom. The van der Waals surface area contributed by atoms with E-state index in [0.29, 0.717) is 32.0 Å². The summed E-state index contributed by atoms with van der Waals surface area (Å²) >= 11 is 1.69. The van der Waals surface area contributed by atoms with Crippen molar-refractivity contribution in [1.82, 2.24) is 19.9 Å². The molecule has 2 aromatic heterocycles. The van der Waals surface area contributed by atoms with Crippen molar-refractivity contribution in [3.63, 3.8) is 0 Å². The van der Waals surface area contributed by atoms with E-state index in [9.17, 15) is 4.79 Å². The second-order valence-electron chi connectivity index (χ2n) is 7.70. The molecule has 1 aliphatic rings. The van der Waals surface area contributed by atoms with Crippen LogP contribution in [0.3, 0.4) is 0 Å². The molecule has 1 aliphatic heterocycles. The van der Waals surface area contributed by atoms with Gasteiger partial charge in [0.1, 0.15) is 5.82 Å². The van der Waals surface area contributed by atoms with Crippen molar-refractivity contribution in [2.24, 2.45) is 0 Å². The molecule has 0 spiro atoms. The lowest BCUT2D eigenvalue weighted by Gasteiger charge is -2.32. The molecule has 6 nitrogen and oxygen atoms in total. The van der Waals surface area contributed by atoms with E-state index in [1.54, 1.807) is 11.3 Å². The van der Waals surface area contributed by atoms with E-state index in [1.807, 2.05) is 43.1 Å². The molecule has 0 aliphatic carbocycles. The summed E-state index contributed by atoms with van der Waals surface area (Å²) in [5.41, 5.74) is 3.19. The minimum atomic E-state index is 0.223. The summed E-state index contributed by atoms with van der Waals surface area (Å²) < 4.78 is 6.78. The fourth-order valence-electron chi connectivity index (χ4n) is 3.99. The molecule has 0 N–H and O–H groups in total. The molecule has 0 saturated carbocycles. The molecule has 0 atom stereocenters. The van der Waals surface area contributed by atoms with Crippen LogP contribution >= 0.6 is 11.3 Å². The minimum Gasteiger partial charge on any atom is -0.377 e. The molecule has 1 aromatic carbocycles. The van der Waals surface area contributed by atoms with Crippen molar-refractivity contribution in [2.45, 2.75) is 52.1 Å². The Labute approximate surface area is 181 Å². The number of carbonyl (C=O) groups excluding carboxylic acids is 1. The highest BCUT2D eigenvalue weighted by Crippen LogP contribution is 2.30. The number of amides is 1. The quantitative estimate of drug-likeness (QED) is 0.567. The average Bonchev–Trinajstić information content (AvgIpc) is 3.20. The van der Waals surface area contributed by atoms with Crippen molar-refractivity contribution >= 4 is 27.5 Å². The first-order valence-corrected chi connectivity index (χ1v) is 11.5. The first-order valence-electron chi connectivity index (χ1n) is 10.7. The van der Waals surface area contributed by atoms with Gasteiger partial charge in [-0.05, 0) is 38.8 Å². The first-order chi connectivity index (χ1) is 14.6. The number of nitrogens with zero attached hydrogens (tertiary/aromatic N) is 4. The predicted molar refractivity (Wildman–Crippen MR) is 119 cm³/mol. The summed E-state index contributed by atoms with van der Waals surface area (Å²) in [6.45, 7) is 6.70. The smallest absolute Gasteiger partial charge is 0.222 e. The van der Waals surface area contributed by atoms with Crippen LogP contribution in [0.1, 0.15) is 54.2 Å². The molecule has 3 aromatic rings. The third kappa shape index (κ3) is 4.84. The second-order valence-corrected chi connectivity index (χ2v) is 8.81. The lowest BCUT2D eigenvalue weighted by Crippen LogP contribution is -2.38. The highest BCUT2D eigenvalue weighted by Gasteiger charge is 2.26. The molecule has 0 unspecified atom stereocenters. The number of hydrogen-bond acceptors (Lipinski definition) is 6. The van der Waals surface area contributed by atoms with Gasteiger partial charge in [0.25, 0.3) is 0 Å². The molecule has 158 valence electrons. The number of para-hydroxylation sites is 1. The third-order valence-electron chi connectivity index (χ3n) is 5.61. The number of ether oxygens (including phenoxy) is 1. The van der Waals surface area contributed by atoms with Gasteiger partial charge in [0, 0.05) is 50.2 Å². The second kappa shape index (κ2) is 9.62. The largest absolute Gasteiger partial charge is 0.377 e. The van der Waals surface area contributed by atoms with Gasteiger partial charge in [0.15, 0.2) is 0 Å². The van der Waals surface area contributed by atoms with E-state index in [1.165, 1.54) is 4.70 Å². The van der Waals surface area contributed by atoms with Crippen molar-refractivity contribution in [3.8, 4) is 0 Å². The number of carbonyl (C=O) groups is 1. The van der Waals surface area contributed by atoms with Crippen LogP contribution in [0.15, 0.2) is 30.5 Å². The van der Waals surface area contributed by atoms with E-state index >= 15 is 0 Å². The van der Waals surface area contributed by atoms with Crippen LogP contribution in [0.2, 0.25) is 0 Å². The van der Waals surface area contributed by atoms with Crippen LogP contribution in [0.25, 0.3) is 10.2 Å². The molecule has 30 heavy (non-hydrogen) atoms. The average molecular weight is 425 g/mol. The molecule has 1 saturated heterocycles. The van der Waals surface area contributed by atoms with Crippen LogP contribution in [0.5, 0.6) is 0 Å². The zero-order valence-electron chi connectivity index (χ0n) is 17.6. The lowest BCUT2D eigenvalue weighted by molar-refractivity contribution is -0.132. The van der Waals surface area contributed by atoms with Gasteiger partial charge in [-0.2, -0.15) is 0 Å². The summed E-state index contributed by atoms with van der Waals surface area (Å²) in [5, 5.41) is 1.04. The van der Waals surface area contributed by atoms with E-state index in [2.05, 4.69) is 16.0 Å². The number of likely N-dealkylation sites (tertiary alicyclic amines) is 1. The highest BCUT2D eigenvalue weighted by atomic mass is 32.1. The number of rotatable bonds is 7. The Kier molecular flexibility index (Phi) is 6.69. The number of aryl methyl sites for hydroxylation is 2. The van der Waals surface area contributed by atoms with Crippen molar-refractivity contribution in [2.75, 3.05) is 19.7 Å². The van der Waals surface area contributed by atoms with E-state index < -0.39 is 0 Å². The van der Waals surface area contributed by atoms with E-state index in [-0.39, 0.29) is 5.91 Å². The minimum absolute atomic E-state index is 0.223. The molecule has 7 heteroatoms. The molecule has 0 bridgehead atoms. The van der Waals surface area contributed by atoms with Gasteiger partial charge in [-0.15, -0.1) is 11.3 Å². The maximum absolute atomic E-state index is 12.7. The normalized spacial score (nSPS) is 15.1. The summed E-state index contributed by atoms with van der Waals surface area (Å²) in [6.07, 6.45) is 4.99. The summed E-state index contributed by atoms with van der Waals surface area (Å²) in [5.74, 6) is 1.37. The number of piperidine rings is 1. The third-order valence-corrected chi connectivity index (χ3v) is 6.70. The molecule has 1 amide bonds. The van der Waals surface area contributed by atoms with Gasteiger partial charge in [-0.1, -0.05) is 12.1 Å². The fraction of sp³-hybridized carbons (Fsp3) is 0.478. The van der Waals surface area contributed by atoms with Crippen LogP contribution in [0.4, 0.5) is 0 Å². The van der Waals surface area contributed by atoms with Gasteiger partial charge in [0.05, 0.1) is 27.5 Å². The zero-order valence-corrected chi connectivity index (χ0v) is 18.5. The summed E-state index contributed by atoms with van der Waals surface area (Å²) in [7, 11) is 0. The Bertz CT molecular complexity index is 978. The predicted octanol–water partition coefficient (Wildman–Crippen LogP) is 4.27. The summed E-state index contributed by atoms with van der Waals surface area (Å²) in [6, 6.07) is 8.13. The lowest BCUT2D eigenvalue weighted by atomic mass is 9.90. The standard InChI is InChI=1S/C23H28N4O2S/c1-3-29-15-18-14-24-16(2)25-23(18)17-10-12-27(13-11-17)22(28)9-8-21-26-19-6-4-5-7-20(19)30-21/h4-7,14,17H,3,8-13,15H2,1-2H3. The Balaban J connectivity index is 1.33. The maximum Gasteiger partial charge on any atom is 0.222 e. The first kappa shape index (κ1) is 20.9. The molecule has 3 heterocycles. The number of benzene rings is 1. The SMILES string of the molecule is CCOCc1cnc(C)nc1C1CCN(C(=O)CCc2nc3ccccc3s2)CC1. The van der Waals surface area contributed by atoms with Crippen LogP contribution < -0.4 is 0 Å². The number of aromatic nitrogens is 3. The summed E-state index contributed by atoms with van der Waals surface area (Å²) in [4.78, 5) is 28.4. The number of fused-ring (bicyclic) bond motifs is 1. The highest BCUT2D eigenvalue weighted by molar-refractivity contribution is 7.18. The molecule has 4 rings (SSSR count). The zero-order chi connectivity index (χ0) is 20.9. The van der Waals surface area contributed by atoms with Crippen LogP contribution in [0, 0.1) is 6.92 Å². The van der Waals surface area contributed by atoms with Gasteiger partial charge in [0.2, 0.25) is 5.91 Å².